The van der Waals surface area contributed by atoms with Gasteiger partial charge in [-0.25, -0.2) is 0 Å². The van der Waals surface area contributed by atoms with Crippen molar-refractivity contribution >= 4 is 21.6 Å². The van der Waals surface area contributed by atoms with Crippen molar-refractivity contribution in [2.75, 3.05) is 24.6 Å². The van der Waals surface area contributed by atoms with Gasteiger partial charge in [0.05, 0.1) is 6.61 Å². The van der Waals surface area contributed by atoms with E-state index < -0.39 is 0 Å². The molecular weight excluding hydrogens is 268 g/mol. The molecule has 1 atom stereocenters. The van der Waals surface area contributed by atoms with Crippen molar-refractivity contribution < 1.29 is 5.11 Å². The number of hydrogen-bond acceptors (Lipinski definition) is 3. The highest BCUT2D eigenvalue weighted by Crippen LogP contribution is 2.27. The molecule has 0 spiro atoms. The van der Waals surface area contributed by atoms with E-state index in [9.17, 15) is 0 Å². The molecule has 90 valence electrons. The van der Waals surface area contributed by atoms with Gasteiger partial charge in [0, 0.05) is 29.3 Å². The molecule has 0 amide bonds. The van der Waals surface area contributed by atoms with Gasteiger partial charge < -0.3 is 15.7 Å². The van der Waals surface area contributed by atoms with Gasteiger partial charge in [-0.15, -0.1) is 0 Å². The highest BCUT2D eigenvalue weighted by Gasteiger charge is 2.08. The number of aliphatic hydroxyl groups is 1. The van der Waals surface area contributed by atoms with E-state index in [1.807, 2.05) is 19.1 Å². The highest BCUT2D eigenvalue weighted by atomic mass is 79.9. The zero-order valence-corrected chi connectivity index (χ0v) is 11.4. The Bertz CT molecular complexity index is 342. The van der Waals surface area contributed by atoms with Gasteiger partial charge in [0.1, 0.15) is 0 Å². The Labute approximate surface area is 105 Å². The molecule has 0 bridgehead atoms. The monoisotopic (exact) mass is 286 g/mol. The lowest BCUT2D eigenvalue weighted by atomic mass is 10.1. The normalized spacial score (nSPS) is 12.6. The molecule has 0 radical (unpaired) electrons. The van der Waals surface area contributed by atoms with Gasteiger partial charge in [-0.3, -0.25) is 0 Å². The molecule has 0 saturated heterocycles. The van der Waals surface area contributed by atoms with Crippen LogP contribution in [0.25, 0.3) is 0 Å². The van der Waals surface area contributed by atoms with Gasteiger partial charge in [-0.05, 0) is 31.5 Å². The van der Waals surface area contributed by atoms with Gasteiger partial charge in [-0.1, -0.05) is 22.0 Å². The van der Waals surface area contributed by atoms with Crippen molar-refractivity contribution in [1.82, 2.24) is 0 Å². The number of nitrogens with two attached hydrogens (primary N) is 1. The lowest BCUT2D eigenvalue weighted by Crippen LogP contribution is -2.26. The molecule has 0 aliphatic rings. The molecule has 3 N–H and O–H groups in total. The standard InChI is InChI=1S/C12H19BrN2O/c1-3-15(6-7-16)10-4-5-11(9(2)14)12(13)8-10/h4-5,8-9,16H,3,6-7,14H2,1-2H3/t9-/m1/s1. The predicted molar refractivity (Wildman–Crippen MR) is 71.7 cm³/mol. The summed E-state index contributed by atoms with van der Waals surface area (Å²) in [6.45, 7) is 5.74. The molecule has 4 heteroatoms. The molecule has 0 aliphatic heterocycles. The second-order valence-corrected chi connectivity index (χ2v) is 4.65. The minimum Gasteiger partial charge on any atom is -0.395 e. The molecular formula is C12H19BrN2O. The van der Waals surface area contributed by atoms with E-state index in [1.54, 1.807) is 0 Å². The Hall–Kier alpha value is -0.580. The van der Waals surface area contributed by atoms with Crippen molar-refractivity contribution in [2.45, 2.75) is 19.9 Å². The van der Waals surface area contributed by atoms with Crippen LogP contribution in [-0.2, 0) is 0 Å². The Balaban J connectivity index is 2.95. The fourth-order valence-corrected chi connectivity index (χ4v) is 2.40. The van der Waals surface area contributed by atoms with E-state index in [1.165, 1.54) is 0 Å². The highest BCUT2D eigenvalue weighted by molar-refractivity contribution is 9.10. The quantitative estimate of drug-likeness (QED) is 0.873. The lowest BCUT2D eigenvalue weighted by Gasteiger charge is -2.23. The Kier molecular flexibility index (Phi) is 5.25. The number of nitrogens with zero attached hydrogens (tertiary/aromatic N) is 1. The Morgan fingerprint density at radius 3 is 2.62 bits per heavy atom. The molecule has 0 saturated carbocycles. The summed E-state index contributed by atoms with van der Waals surface area (Å²) in [7, 11) is 0. The number of benzene rings is 1. The van der Waals surface area contributed by atoms with Crippen LogP contribution >= 0.6 is 15.9 Å². The van der Waals surface area contributed by atoms with Crippen molar-refractivity contribution in [3.05, 3.63) is 28.2 Å². The summed E-state index contributed by atoms with van der Waals surface area (Å²) >= 11 is 3.53. The topological polar surface area (TPSA) is 49.5 Å². The van der Waals surface area contributed by atoms with E-state index in [0.717, 1.165) is 22.3 Å². The molecule has 1 aromatic rings. The molecule has 3 nitrogen and oxygen atoms in total. The molecule has 1 aromatic carbocycles. The van der Waals surface area contributed by atoms with Gasteiger partial charge in [-0.2, -0.15) is 0 Å². The summed E-state index contributed by atoms with van der Waals surface area (Å²) in [5, 5.41) is 8.97. The Morgan fingerprint density at radius 1 is 1.50 bits per heavy atom. The van der Waals surface area contributed by atoms with E-state index in [4.69, 9.17) is 10.8 Å². The van der Waals surface area contributed by atoms with Crippen LogP contribution in [0.1, 0.15) is 25.5 Å². The second-order valence-electron chi connectivity index (χ2n) is 3.80. The first-order chi connectivity index (χ1) is 7.60. The number of likely N-dealkylation sites (N-methyl/N-ethyl adjacent to an activating group) is 1. The fraction of sp³-hybridized carbons (Fsp3) is 0.500. The SMILES string of the molecule is CCN(CCO)c1ccc([C@@H](C)N)c(Br)c1. The summed E-state index contributed by atoms with van der Waals surface area (Å²) in [4.78, 5) is 2.12. The average molecular weight is 287 g/mol. The zero-order valence-electron chi connectivity index (χ0n) is 9.78. The van der Waals surface area contributed by atoms with Crippen LogP contribution in [0.4, 0.5) is 5.69 Å². The van der Waals surface area contributed by atoms with E-state index in [-0.39, 0.29) is 12.6 Å². The third-order valence-electron chi connectivity index (χ3n) is 2.59. The number of halogens is 1. The predicted octanol–water partition coefficient (Wildman–Crippen LogP) is 2.29. The minimum atomic E-state index is 0.0244. The first kappa shape index (κ1) is 13.5. The van der Waals surface area contributed by atoms with Crippen molar-refractivity contribution in [2.24, 2.45) is 5.73 Å². The summed E-state index contributed by atoms with van der Waals surface area (Å²) in [6, 6.07) is 6.15. The third kappa shape index (κ3) is 3.20. The van der Waals surface area contributed by atoms with Crippen LogP contribution in [0, 0.1) is 0 Å². The molecule has 0 heterocycles. The largest absolute Gasteiger partial charge is 0.395 e. The minimum absolute atomic E-state index is 0.0244. The van der Waals surface area contributed by atoms with Crippen LogP contribution in [-0.4, -0.2) is 24.8 Å². The third-order valence-corrected chi connectivity index (χ3v) is 3.28. The van der Waals surface area contributed by atoms with Crippen LogP contribution in [0.15, 0.2) is 22.7 Å². The smallest absolute Gasteiger partial charge is 0.0606 e. The maximum atomic E-state index is 8.97. The summed E-state index contributed by atoms with van der Waals surface area (Å²) in [5.41, 5.74) is 8.05. The van der Waals surface area contributed by atoms with Crippen molar-refractivity contribution in [3.63, 3.8) is 0 Å². The maximum absolute atomic E-state index is 8.97. The van der Waals surface area contributed by atoms with Crippen LogP contribution in [0.3, 0.4) is 0 Å². The van der Waals surface area contributed by atoms with Crippen molar-refractivity contribution in [1.29, 1.82) is 0 Å². The van der Waals surface area contributed by atoms with E-state index in [0.29, 0.717) is 6.54 Å². The van der Waals surface area contributed by atoms with Gasteiger partial charge in [0.15, 0.2) is 0 Å². The van der Waals surface area contributed by atoms with Gasteiger partial charge in [0.25, 0.3) is 0 Å². The number of anilines is 1. The number of aliphatic hydroxyl groups excluding tert-OH is 1. The molecule has 0 fully saturated rings. The number of hydrogen-bond donors (Lipinski definition) is 2. The fourth-order valence-electron chi connectivity index (χ4n) is 1.67. The van der Waals surface area contributed by atoms with Gasteiger partial charge >= 0.3 is 0 Å². The number of rotatable bonds is 5. The molecule has 0 unspecified atom stereocenters. The van der Waals surface area contributed by atoms with Crippen LogP contribution in [0.2, 0.25) is 0 Å². The first-order valence-electron chi connectivity index (χ1n) is 5.51. The molecule has 16 heavy (non-hydrogen) atoms. The van der Waals surface area contributed by atoms with Crippen LogP contribution < -0.4 is 10.6 Å². The maximum Gasteiger partial charge on any atom is 0.0606 e. The molecule has 0 aliphatic carbocycles. The second kappa shape index (κ2) is 6.23. The lowest BCUT2D eigenvalue weighted by molar-refractivity contribution is 0.302. The zero-order chi connectivity index (χ0) is 12.1. The summed E-state index contributed by atoms with van der Waals surface area (Å²) < 4.78 is 1.02. The first-order valence-corrected chi connectivity index (χ1v) is 6.30. The molecule has 1 rings (SSSR count). The Morgan fingerprint density at radius 2 is 2.19 bits per heavy atom. The summed E-state index contributed by atoms with van der Waals surface area (Å²) in [6.07, 6.45) is 0. The van der Waals surface area contributed by atoms with Crippen LogP contribution in [0.5, 0.6) is 0 Å². The summed E-state index contributed by atoms with van der Waals surface area (Å²) in [5.74, 6) is 0. The van der Waals surface area contributed by atoms with E-state index in [2.05, 4.69) is 33.8 Å². The molecule has 0 aromatic heterocycles. The van der Waals surface area contributed by atoms with E-state index >= 15 is 0 Å². The van der Waals surface area contributed by atoms with Crippen molar-refractivity contribution in [3.8, 4) is 0 Å². The van der Waals surface area contributed by atoms with Gasteiger partial charge in [0.2, 0.25) is 0 Å². The average Bonchev–Trinajstić information content (AvgIpc) is 2.25.